The fraction of sp³-hybridized carbons (Fsp3) is 0.582. The fourth-order valence-corrected chi connectivity index (χ4v) is 24.0. The maximum atomic E-state index is 16.4. The number of benzene rings is 1. The summed E-state index contributed by atoms with van der Waals surface area (Å²) in [6, 6.07) is 33.3. The van der Waals surface area contributed by atoms with Gasteiger partial charge in [0, 0.05) is 26.2 Å². The minimum Gasteiger partial charge on any atom is -0.454 e. The lowest BCUT2D eigenvalue weighted by molar-refractivity contribution is -0.124. The van der Waals surface area contributed by atoms with Gasteiger partial charge in [-0.2, -0.15) is 0 Å². The van der Waals surface area contributed by atoms with Crippen LogP contribution in [0, 0.1) is 23.7 Å². The summed E-state index contributed by atoms with van der Waals surface area (Å²) in [4.78, 5) is 77.2. The van der Waals surface area contributed by atoms with E-state index in [1.165, 1.54) is 167 Å². The Bertz CT molecular complexity index is 4690. The molecule has 12 nitrogen and oxygen atoms in total. The summed E-state index contributed by atoms with van der Waals surface area (Å²) in [6.45, 7) is 20.2. The van der Waals surface area contributed by atoms with Gasteiger partial charge in [0.05, 0.1) is 51.2 Å². The molecule has 1 aromatic carbocycles. The molecule has 0 spiro atoms. The van der Waals surface area contributed by atoms with Crippen LogP contribution in [-0.2, 0) is 19.2 Å². The lowest BCUT2D eigenvalue weighted by Crippen LogP contribution is -2.34. The van der Waals surface area contributed by atoms with Gasteiger partial charge in [0.15, 0.2) is 23.0 Å². The van der Waals surface area contributed by atoms with Crippen molar-refractivity contribution in [2.45, 2.75) is 364 Å². The highest BCUT2D eigenvalue weighted by Gasteiger charge is 2.53. The van der Waals surface area contributed by atoms with Crippen LogP contribution in [-0.4, -0.2) is 69.4 Å². The Kier molecular flexibility index (Phi) is 38.2. The van der Waals surface area contributed by atoms with E-state index in [2.05, 4.69) is 115 Å². The summed E-state index contributed by atoms with van der Waals surface area (Å²) in [6.07, 6.45) is 55.5. The van der Waals surface area contributed by atoms with Gasteiger partial charge in [-0.05, 0) is 169 Å². The number of carbonyl (C=O) groups is 4. The molecule has 4 atom stereocenters. The maximum Gasteiger partial charge on any atom is 0.261 e. The second-order valence-electron chi connectivity index (χ2n) is 37.4. The Morgan fingerprint density at radius 1 is 0.246 bits per heavy atom. The van der Waals surface area contributed by atoms with Gasteiger partial charge in [-0.15, -0.1) is 45.3 Å². The van der Waals surface area contributed by atoms with Gasteiger partial charge in [0.1, 0.15) is 45.8 Å². The molecule has 8 aromatic heterocycles. The number of hydrogen-bond acceptors (Lipinski definition) is 12. The Morgan fingerprint density at radius 3 is 0.675 bits per heavy atom. The fourth-order valence-electron chi connectivity index (χ4n) is 20.2. The molecule has 0 fully saturated rings. The molecule has 4 amide bonds. The van der Waals surface area contributed by atoms with Crippen LogP contribution in [0.1, 0.15) is 387 Å². The van der Waals surface area contributed by atoms with Crippen molar-refractivity contribution in [1.29, 1.82) is 0 Å². The molecule has 9 aromatic rings. The molecule has 0 N–H and O–H groups in total. The number of hydrogen-bond donors (Lipinski definition) is 0. The molecule has 0 saturated carbocycles. The van der Waals surface area contributed by atoms with E-state index in [-0.39, 0.29) is 47.3 Å². The van der Waals surface area contributed by atoms with Crippen molar-refractivity contribution in [1.82, 2.24) is 19.6 Å². The van der Waals surface area contributed by atoms with Gasteiger partial charge in [0.25, 0.3) is 23.6 Å². The van der Waals surface area contributed by atoms with Gasteiger partial charge >= 0.3 is 0 Å². The lowest BCUT2D eigenvalue weighted by atomic mass is 9.93. The van der Waals surface area contributed by atoms with E-state index in [4.69, 9.17) is 17.7 Å². The van der Waals surface area contributed by atoms with Crippen LogP contribution >= 0.6 is 45.3 Å². The van der Waals surface area contributed by atoms with Crippen LogP contribution in [0.15, 0.2) is 148 Å². The number of carbonyl (C=O) groups excluding carboxylic acids is 4. The molecule has 16 heteroatoms. The number of thiophene rings is 4. The van der Waals surface area contributed by atoms with Gasteiger partial charge in [-0.3, -0.25) is 19.2 Å². The van der Waals surface area contributed by atoms with Crippen LogP contribution < -0.4 is 0 Å². The third kappa shape index (κ3) is 24.6. The Hall–Kier alpha value is -7.50. The van der Waals surface area contributed by atoms with E-state index in [0.717, 1.165) is 192 Å². The number of fused-ring (bicyclic) bond motifs is 5. The SMILES string of the molecule is CCCCCCCCC(CCCCCC)CN1C(=O)C2=C(c3ccc(-c4cc5ccc6cc(-c7ccc(C8=C9C(=O)N(CC(CCCCCC)CCCCCCCC)C(c%10ccc(-c%11cccs%11)o%10)=C9C(=O)N8CC(CCCCCC)CCCCCCCC)o7)sc6c5s4)o3)N(CC(CCCCCC)CCCCCCCC)C(=O)C2=C1c1ccc(-c2cccs2)o1. The molecule has 12 heterocycles. The summed E-state index contributed by atoms with van der Waals surface area (Å²) < 4.78 is 30.7. The number of rotatable bonds is 64. The van der Waals surface area contributed by atoms with Crippen molar-refractivity contribution in [3.8, 4) is 42.5 Å². The first kappa shape index (κ1) is 96.1. The summed E-state index contributed by atoms with van der Waals surface area (Å²) in [5, 5.41) is 6.30. The third-order valence-corrected chi connectivity index (χ3v) is 31.7. The van der Waals surface area contributed by atoms with Gasteiger partial charge < -0.3 is 37.3 Å². The van der Waals surface area contributed by atoms with E-state index in [1.807, 2.05) is 68.1 Å². The zero-order valence-electron chi connectivity index (χ0n) is 78.2. The molecule has 4 unspecified atom stereocenters. The Labute approximate surface area is 772 Å². The highest BCUT2D eigenvalue weighted by atomic mass is 32.1. The van der Waals surface area contributed by atoms with E-state index < -0.39 is 0 Å². The molecule has 126 heavy (non-hydrogen) atoms. The van der Waals surface area contributed by atoms with Gasteiger partial charge in [0.2, 0.25) is 0 Å². The normalized spacial score (nSPS) is 15.4. The minimum atomic E-state index is -0.141. The van der Waals surface area contributed by atoms with Crippen LogP contribution in [0.3, 0.4) is 0 Å². The van der Waals surface area contributed by atoms with Crippen molar-refractivity contribution >= 4 is 112 Å². The highest BCUT2D eigenvalue weighted by Crippen LogP contribution is 2.54. The number of furan rings is 4. The van der Waals surface area contributed by atoms with Crippen molar-refractivity contribution in [3.63, 3.8) is 0 Å². The molecule has 4 aliphatic rings. The van der Waals surface area contributed by atoms with E-state index in [1.54, 1.807) is 45.3 Å². The van der Waals surface area contributed by atoms with Crippen molar-refractivity contribution in [2.24, 2.45) is 23.7 Å². The average molecular weight is 1780 g/mol. The van der Waals surface area contributed by atoms with E-state index >= 15 is 19.2 Å². The van der Waals surface area contributed by atoms with E-state index in [0.29, 0.717) is 106 Å². The quantitative estimate of drug-likeness (QED) is 0.0344. The predicted octanol–water partition coefficient (Wildman–Crippen LogP) is 34.2. The van der Waals surface area contributed by atoms with Gasteiger partial charge in [-0.25, -0.2) is 0 Å². The molecule has 682 valence electrons. The number of amides is 4. The topological polar surface area (TPSA) is 134 Å². The third-order valence-electron chi connectivity index (χ3n) is 27.4. The minimum absolute atomic E-state index is 0.141. The molecule has 13 rings (SSSR count). The Balaban J connectivity index is 0.878. The first-order valence-electron chi connectivity index (χ1n) is 50.6. The second-order valence-corrected chi connectivity index (χ2v) is 41.4. The van der Waals surface area contributed by atoms with Crippen LogP contribution in [0.4, 0.5) is 0 Å². The standard InChI is InChI=1S/C110H150N4O8S4/c1-9-17-25-33-37-45-55-79(51-41-29-21-13-5)75-111-101(89-67-63-85(119-89)93-59-49-71-123-93)97-99(109(111)117)103(113(107(97)115)77-81(53-43-31-23-15-7)57-47-39-35-27-19-11-3)91-69-65-87(121-91)95-73-83-61-62-84-74-96(126-106(84)105(83)125-95)88-66-70-92(122-88)104-100-98(108(116)114(104)78-82(54-44-32-24-16-8)58-48-40-36-28-20-12-4)102(90-68-64-86(120-90)94-60-50-72-124-94)112(110(100)118)76-80(52-42-30-22-14-6)56-46-38-34-26-18-10-2/h49-50,59-74,79-82H,9-48,51-58,75-78H2,1-8H3. The highest BCUT2D eigenvalue weighted by molar-refractivity contribution is 7.30. The summed E-state index contributed by atoms with van der Waals surface area (Å²) in [5.41, 5.74) is 4.11. The molecule has 0 aliphatic carbocycles. The molecule has 0 bridgehead atoms. The zero-order valence-corrected chi connectivity index (χ0v) is 81.4. The lowest BCUT2D eigenvalue weighted by Gasteiger charge is -2.29. The molecule has 0 saturated heterocycles. The van der Waals surface area contributed by atoms with Crippen molar-refractivity contribution < 1.29 is 36.8 Å². The summed E-state index contributed by atoms with van der Waals surface area (Å²) in [5.74, 6) is 5.39. The number of nitrogens with zero attached hydrogens (tertiary/aromatic N) is 4. The van der Waals surface area contributed by atoms with Crippen molar-refractivity contribution in [2.75, 3.05) is 26.2 Å². The number of unbranched alkanes of at least 4 members (excludes halogenated alkanes) is 32. The Morgan fingerprint density at radius 2 is 0.452 bits per heavy atom. The predicted molar refractivity (Wildman–Crippen MR) is 532 cm³/mol. The molecule has 4 aliphatic heterocycles. The van der Waals surface area contributed by atoms with Crippen LogP contribution in [0.5, 0.6) is 0 Å². The van der Waals surface area contributed by atoms with E-state index in [9.17, 15) is 0 Å². The monoisotopic (exact) mass is 1780 g/mol. The summed E-state index contributed by atoms with van der Waals surface area (Å²) >= 11 is 6.65. The average Bonchev–Trinajstić information content (AvgIpc) is 1.55. The zero-order chi connectivity index (χ0) is 87.9. The summed E-state index contributed by atoms with van der Waals surface area (Å²) in [7, 11) is 0. The first-order valence-corrected chi connectivity index (χ1v) is 54.0. The van der Waals surface area contributed by atoms with Crippen LogP contribution in [0.2, 0.25) is 0 Å². The maximum absolute atomic E-state index is 16.4. The first-order chi connectivity index (χ1) is 61.9. The molecular formula is C110H150N4O8S4. The van der Waals surface area contributed by atoms with Gasteiger partial charge in [-0.1, -0.05) is 336 Å². The smallest absolute Gasteiger partial charge is 0.261 e. The largest absolute Gasteiger partial charge is 0.454 e. The van der Waals surface area contributed by atoms with Crippen LogP contribution in [0.25, 0.3) is 85.5 Å². The molecule has 0 radical (unpaired) electrons. The second kappa shape index (κ2) is 50.1. The van der Waals surface area contributed by atoms with Crippen molar-refractivity contribution in [3.05, 3.63) is 153 Å². The molecular weight excluding hydrogens is 1630 g/mol.